The number of benzene rings is 1. The lowest BCUT2D eigenvalue weighted by molar-refractivity contribution is 0.121. The molecule has 154 valence electrons. The molecule has 2 amide bonds. The molecule has 0 spiro atoms. The number of ether oxygens (including phenoxy) is 1. The van der Waals surface area contributed by atoms with Crippen LogP contribution >= 0.6 is 11.3 Å². The Kier molecular flexibility index (Phi) is 5.38. The van der Waals surface area contributed by atoms with Crippen molar-refractivity contribution < 1.29 is 13.9 Å². The van der Waals surface area contributed by atoms with Crippen molar-refractivity contribution in [2.75, 3.05) is 17.7 Å². The Balaban J connectivity index is 1.57. The van der Waals surface area contributed by atoms with Crippen molar-refractivity contribution in [3.05, 3.63) is 53.2 Å². The van der Waals surface area contributed by atoms with E-state index in [2.05, 4.69) is 30.8 Å². The smallest absolute Gasteiger partial charge is 0.323 e. The first-order chi connectivity index (χ1) is 14.5. The number of aryl methyl sites for hydroxylation is 1. The van der Waals surface area contributed by atoms with Crippen LogP contribution < -0.4 is 10.6 Å². The molecule has 3 heterocycles. The van der Waals surface area contributed by atoms with Crippen LogP contribution in [0, 0.1) is 12.7 Å². The van der Waals surface area contributed by atoms with Crippen LogP contribution in [-0.2, 0) is 4.74 Å². The van der Waals surface area contributed by atoms with Gasteiger partial charge in [-0.05, 0) is 32.0 Å². The van der Waals surface area contributed by atoms with E-state index in [1.807, 2.05) is 13.8 Å². The van der Waals surface area contributed by atoms with Gasteiger partial charge in [0.1, 0.15) is 16.0 Å². The molecular weight excluding hydrogens is 409 g/mol. The lowest BCUT2D eigenvalue weighted by Crippen LogP contribution is -2.21. The average molecular weight is 427 g/mol. The van der Waals surface area contributed by atoms with Crippen LogP contribution in [-0.4, -0.2) is 38.1 Å². The van der Waals surface area contributed by atoms with Crippen molar-refractivity contribution in [3.8, 4) is 5.69 Å². The Morgan fingerprint density at radius 2 is 2.03 bits per heavy atom. The van der Waals surface area contributed by atoms with E-state index in [9.17, 15) is 9.18 Å². The standard InChI is InChI=1S/C19H18FN7O2S/c1-10(29-3)16-14(9-21-18-17(16)24-11(2)30-18)26-19(28)25-12-4-5-15(13(20)8-12)27-22-6-7-23-27/h4-10H,1-3H3,(H2,25,26,28)/t10-/m1/s1. The van der Waals surface area contributed by atoms with Crippen LogP contribution in [0.4, 0.5) is 20.6 Å². The highest BCUT2D eigenvalue weighted by molar-refractivity contribution is 7.18. The number of fused-ring (bicyclic) bond motifs is 1. The van der Waals surface area contributed by atoms with E-state index in [1.54, 1.807) is 19.4 Å². The number of thiazole rings is 1. The molecule has 0 saturated heterocycles. The fourth-order valence-corrected chi connectivity index (χ4v) is 3.77. The zero-order chi connectivity index (χ0) is 21.3. The maximum absolute atomic E-state index is 14.4. The van der Waals surface area contributed by atoms with Gasteiger partial charge in [-0.3, -0.25) is 0 Å². The van der Waals surface area contributed by atoms with Crippen molar-refractivity contribution in [1.29, 1.82) is 0 Å². The molecule has 4 rings (SSSR count). The Hall–Kier alpha value is -3.44. The number of nitrogens with one attached hydrogen (secondary N) is 2. The van der Waals surface area contributed by atoms with Gasteiger partial charge in [-0.1, -0.05) is 11.3 Å². The monoisotopic (exact) mass is 427 g/mol. The van der Waals surface area contributed by atoms with Crippen molar-refractivity contribution in [2.24, 2.45) is 0 Å². The number of nitrogens with zero attached hydrogens (tertiary/aromatic N) is 5. The Labute approximate surface area is 174 Å². The number of rotatable bonds is 5. The number of pyridine rings is 1. The number of hydrogen-bond acceptors (Lipinski definition) is 7. The van der Waals surface area contributed by atoms with E-state index in [0.717, 1.165) is 20.2 Å². The Morgan fingerprint density at radius 1 is 1.27 bits per heavy atom. The summed E-state index contributed by atoms with van der Waals surface area (Å²) in [6.07, 6.45) is 4.15. The van der Waals surface area contributed by atoms with Gasteiger partial charge in [0.2, 0.25) is 0 Å². The molecule has 30 heavy (non-hydrogen) atoms. The summed E-state index contributed by atoms with van der Waals surface area (Å²) in [6, 6.07) is 3.69. The van der Waals surface area contributed by atoms with Gasteiger partial charge in [0, 0.05) is 18.4 Å². The maximum atomic E-state index is 14.4. The fourth-order valence-electron chi connectivity index (χ4n) is 3.00. The third kappa shape index (κ3) is 3.84. The number of hydrogen-bond donors (Lipinski definition) is 2. The molecule has 11 heteroatoms. The first kappa shape index (κ1) is 19.9. The zero-order valence-corrected chi connectivity index (χ0v) is 17.2. The summed E-state index contributed by atoms with van der Waals surface area (Å²) < 4.78 is 19.8. The van der Waals surface area contributed by atoms with Crippen LogP contribution in [0.5, 0.6) is 0 Å². The topological polar surface area (TPSA) is 107 Å². The summed E-state index contributed by atoms with van der Waals surface area (Å²) in [4.78, 5) is 23.4. The Bertz CT molecular complexity index is 1210. The van der Waals surface area contributed by atoms with Crippen LogP contribution in [0.3, 0.4) is 0 Å². The van der Waals surface area contributed by atoms with Gasteiger partial charge in [0.25, 0.3) is 0 Å². The molecule has 0 radical (unpaired) electrons. The molecule has 3 aromatic heterocycles. The highest BCUT2D eigenvalue weighted by atomic mass is 32.1. The summed E-state index contributed by atoms with van der Waals surface area (Å²) in [5.41, 5.74) is 2.34. The molecule has 4 aromatic rings. The van der Waals surface area contributed by atoms with Crippen molar-refractivity contribution >= 4 is 39.1 Å². The van der Waals surface area contributed by atoms with Gasteiger partial charge in [-0.2, -0.15) is 10.2 Å². The minimum atomic E-state index is -0.571. The van der Waals surface area contributed by atoms with E-state index in [4.69, 9.17) is 4.74 Å². The molecule has 1 aromatic carbocycles. The number of amides is 2. The van der Waals surface area contributed by atoms with Gasteiger partial charge < -0.3 is 15.4 Å². The first-order valence-corrected chi connectivity index (χ1v) is 9.81. The minimum Gasteiger partial charge on any atom is -0.377 e. The quantitative estimate of drug-likeness (QED) is 0.497. The lowest BCUT2D eigenvalue weighted by atomic mass is 10.1. The van der Waals surface area contributed by atoms with E-state index < -0.39 is 11.8 Å². The molecule has 9 nitrogen and oxygen atoms in total. The van der Waals surface area contributed by atoms with Crippen LogP contribution in [0.25, 0.3) is 16.0 Å². The van der Waals surface area contributed by atoms with E-state index in [1.165, 1.54) is 35.9 Å². The fraction of sp³-hybridized carbons (Fsp3) is 0.211. The number of anilines is 2. The maximum Gasteiger partial charge on any atom is 0.323 e. The van der Waals surface area contributed by atoms with E-state index in [0.29, 0.717) is 11.2 Å². The Morgan fingerprint density at radius 3 is 2.73 bits per heavy atom. The number of carbonyl (C=O) groups is 1. The average Bonchev–Trinajstić information content (AvgIpc) is 3.36. The molecule has 0 aliphatic rings. The largest absolute Gasteiger partial charge is 0.377 e. The summed E-state index contributed by atoms with van der Waals surface area (Å²) in [7, 11) is 1.58. The predicted molar refractivity (Wildman–Crippen MR) is 112 cm³/mol. The first-order valence-electron chi connectivity index (χ1n) is 8.99. The second kappa shape index (κ2) is 8.13. The highest BCUT2D eigenvalue weighted by Gasteiger charge is 2.20. The van der Waals surface area contributed by atoms with Gasteiger partial charge >= 0.3 is 6.03 Å². The van der Waals surface area contributed by atoms with Crippen molar-refractivity contribution in [3.63, 3.8) is 0 Å². The van der Waals surface area contributed by atoms with Gasteiger partial charge in [0.05, 0.1) is 35.4 Å². The zero-order valence-electron chi connectivity index (χ0n) is 16.4. The number of carbonyl (C=O) groups excluding carboxylic acids is 1. The van der Waals surface area contributed by atoms with E-state index in [-0.39, 0.29) is 17.5 Å². The van der Waals surface area contributed by atoms with Crippen molar-refractivity contribution in [2.45, 2.75) is 20.0 Å². The third-order valence-electron chi connectivity index (χ3n) is 4.42. The molecule has 0 unspecified atom stereocenters. The van der Waals surface area contributed by atoms with E-state index >= 15 is 0 Å². The number of methoxy groups -OCH3 is 1. The third-order valence-corrected chi connectivity index (χ3v) is 5.30. The predicted octanol–water partition coefficient (Wildman–Crippen LogP) is 4.07. The summed E-state index contributed by atoms with van der Waals surface area (Å²) >= 11 is 1.47. The highest BCUT2D eigenvalue weighted by Crippen LogP contribution is 2.33. The second-order valence-electron chi connectivity index (χ2n) is 6.41. The second-order valence-corrected chi connectivity index (χ2v) is 7.60. The summed E-state index contributed by atoms with van der Waals surface area (Å²) in [6.45, 7) is 3.76. The lowest BCUT2D eigenvalue weighted by Gasteiger charge is -2.16. The molecule has 0 saturated carbocycles. The van der Waals surface area contributed by atoms with Crippen LogP contribution in [0.1, 0.15) is 23.6 Å². The van der Waals surface area contributed by atoms with Gasteiger partial charge in [-0.15, -0.1) is 4.80 Å². The number of halogens is 1. The molecular formula is C19H18FN7O2S. The molecule has 0 aliphatic carbocycles. The normalized spacial score (nSPS) is 12.1. The van der Waals surface area contributed by atoms with Crippen molar-refractivity contribution in [1.82, 2.24) is 25.0 Å². The molecule has 0 bridgehead atoms. The van der Waals surface area contributed by atoms with Crippen LogP contribution in [0.2, 0.25) is 0 Å². The molecule has 0 aliphatic heterocycles. The van der Waals surface area contributed by atoms with Gasteiger partial charge in [-0.25, -0.2) is 19.2 Å². The number of urea groups is 1. The minimum absolute atomic E-state index is 0.177. The SMILES string of the molecule is CO[C@H](C)c1c(NC(=O)Nc2ccc(-n3nccn3)c(F)c2)cnc2sc(C)nc12. The number of aromatic nitrogens is 5. The summed E-state index contributed by atoms with van der Waals surface area (Å²) in [5, 5.41) is 14.0. The van der Waals surface area contributed by atoms with Crippen LogP contribution in [0.15, 0.2) is 36.8 Å². The molecule has 2 N–H and O–H groups in total. The summed E-state index contributed by atoms with van der Waals surface area (Å²) in [5.74, 6) is -0.571. The van der Waals surface area contributed by atoms with Gasteiger partial charge in [0.15, 0.2) is 5.82 Å². The molecule has 1 atom stereocenters. The molecule has 0 fully saturated rings.